The molecule has 0 unspecified atom stereocenters. The van der Waals surface area contributed by atoms with Crippen molar-refractivity contribution in [1.82, 2.24) is 0 Å². The third kappa shape index (κ3) is 2.71. The van der Waals surface area contributed by atoms with Crippen molar-refractivity contribution < 1.29 is 0 Å². The van der Waals surface area contributed by atoms with Crippen molar-refractivity contribution in [2.45, 2.75) is 6.92 Å². The summed E-state index contributed by atoms with van der Waals surface area (Å²) in [6.45, 7) is 2.02. The first kappa shape index (κ1) is 10.9. The van der Waals surface area contributed by atoms with Crippen LogP contribution in [0.3, 0.4) is 0 Å². The molecule has 2 aromatic rings. The number of rotatable bonds is 2. The van der Waals surface area contributed by atoms with Crippen LogP contribution in [0.1, 0.15) is 11.1 Å². The Bertz CT molecular complexity index is 503. The summed E-state index contributed by atoms with van der Waals surface area (Å²) in [6, 6.07) is 15.7. The molecule has 0 aliphatic rings. The smallest absolute Gasteiger partial charge is 0.0629 e. The minimum absolute atomic E-state index is 0.736. The van der Waals surface area contributed by atoms with Gasteiger partial charge in [-0.05, 0) is 30.7 Å². The maximum Gasteiger partial charge on any atom is 0.0629 e. The molecule has 0 heterocycles. The summed E-state index contributed by atoms with van der Waals surface area (Å²) in [7, 11) is 0. The minimum atomic E-state index is 0.736. The average Bonchev–Trinajstić information content (AvgIpc) is 2.29. The number of hydrogen-bond acceptors (Lipinski definition) is 1. The third-order valence-corrected chi connectivity index (χ3v) is 2.59. The van der Waals surface area contributed by atoms with Gasteiger partial charge in [0.25, 0.3) is 0 Å². The fourth-order valence-corrected chi connectivity index (χ4v) is 1.68. The molecule has 0 aliphatic carbocycles. The molecule has 0 N–H and O–H groups in total. The molecule has 2 aromatic carbocycles. The Hall–Kier alpha value is -1.60. The molecule has 0 saturated heterocycles. The lowest BCUT2D eigenvalue weighted by Crippen LogP contribution is -1.83. The maximum absolute atomic E-state index is 6.10. The van der Waals surface area contributed by atoms with Crippen LogP contribution in [0.5, 0.6) is 0 Å². The first-order valence-corrected chi connectivity index (χ1v) is 5.49. The average molecular weight is 230 g/mol. The normalized spacial score (nSPS) is 10.9. The third-order valence-electron chi connectivity index (χ3n) is 2.26. The Morgan fingerprint density at radius 1 is 1.06 bits per heavy atom. The molecule has 0 aromatic heterocycles. The van der Waals surface area contributed by atoms with Crippen molar-refractivity contribution in [1.29, 1.82) is 0 Å². The summed E-state index contributed by atoms with van der Waals surface area (Å²) in [5.41, 5.74) is 3.03. The zero-order valence-electron chi connectivity index (χ0n) is 9.02. The molecule has 0 radical (unpaired) electrons. The standard InChI is InChI=1S/C14H12ClN/c1-11-7-8-12(14(15)9-11)10-16-13-5-3-2-4-6-13/h2-10H,1H3. The number of aliphatic imine (C=N–C) groups is 1. The van der Waals surface area contributed by atoms with Gasteiger partial charge < -0.3 is 0 Å². The lowest BCUT2D eigenvalue weighted by molar-refractivity contribution is 1.46. The molecule has 0 aliphatic heterocycles. The monoisotopic (exact) mass is 229 g/mol. The van der Waals surface area contributed by atoms with E-state index in [4.69, 9.17) is 11.6 Å². The second-order valence-corrected chi connectivity index (χ2v) is 4.03. The van der Waals surface area contributed by atoms with Gasteiger partial charge in [-0.2, -0.15) is 0 Å². The topological polar surface area (TPSA) is 12.4 Å². The molecule has 0 atom stereocenters. The fraction of sp³-hybridized carbons (Fsp3) is 0.0714. The van der Waals surface area contributed by atoms with E-state index in [1.165, 1.54) is 0 Å². The van der Waals surface area contributed by atoms with Crippen LogP contribution in [0.4, 0.5) is 5.69 Å². The van der Waals surface area contributed by atoms with Gasteiger partial charge in [0.1, 0.15) is 0 Å². The summed E-state index contributed by atoms with van der Waals surface area (Å²) < 4.78 is 0. The van der Waals surface area contributed by atoms with Gasteiger partial charge in [-0.1, -0.05) is 41.9 Å². The predicted octanol–water partition coefficient (Wildman–Crippen LogP) is 4.40. The van der Waals surface area contributed by atoms with E-state index in [1.807, 2.05) is 55.5 Å². The number of aryl methyl sites for hydroxylation is 1. The van der Waals surface area contributed by atoms with Crippen LogP contribution in [-0.2, 0) is 0 Å². The molecule has 16 heavy (non-hydrogen) atoms. The highest BCUT2D eigenvalue weighted by molar-refractivity contribution is 6.33. The Labute approximate surface area is 100 Å². The number of nitrogens with zero attached hydrogens (tertiary/aromatic N) is 1. The zero-order valence-corrected chi connectivity index (χ0v) is 9.78. The van der Waals surface area contributed by atoms with Crippen LogP contribution in [0.25, 0.3) is 0 Å². The first-order chi connectivity index (χ1) is 7.75. The van der Waals surface area contributed by atoms with Crippen LogP contribution < -0.4 is 0 Å². The van der Waals surface area contributed by atoms with Gasteiger partial charge in [-0.3, -0.25) is 4.99 Å². The van der Waals surface area contributed by atoms with Gasteiger partial charge in [0, 0.05) is 16.8 Å². The second kappa shape index (κ2) is 4.95. The summed E-state index contributed by atoms with van der Waals surface area (Å²) in [5.74, 6) is 0. The molecular formula is C14H12ClN. The van der Waals surface area contributed by atoms with Crippen LogP contribution >= 0.6 is 11.6 Å². The van der Waals surface area contributed by atoms with Gasteiger partial charge in [-0.25, -0.2) is 0 Å². The van der Waals surface area contributed by atoms with Crippen LogP contribution in [-0.4, -0.2) is 6.21 Å². The number of para-hydroxylation sites is 1. The number of hydrogen-bond donors (Lipinski definition) is 0. The first-order valence-electron chi connectivity index (χ1n) is 5.11. The van der Waals surface area contributed by atoms with E-state index in [2.05, 4.69) is 4.99 Å². The van der Waals surface area contributed by atoms with Crippen molar-refractivity contribution in [3.8, 4) is 0 Å². The summed E-state index contributed by atoms with van der Waals surface area (Å²) >= 11 is 6.10. The second-order valence-electron chi connectivity index (χ2n) is 3.62. The van der Waals surface area contributed by atoms with Crippen LogP contribution in [0, 0.1) is 6.92 Å². The predicted molar refractivity (Wildman–Crippen MR) is 69.9 cm³/mol. The van der Waals surface area contributed by atoms with Crippen molar-refractivity contribution >= 4 is 23.5 Å². The molecule has 0 bridgehead atoms. The Morgan fingerprint density at radius 2 is 1.81 bits per heavy atom. The lowest BCUT2D eigenvalue weighted by Gasteiger charge is -1.99. The number of halogens is 1. The van der Waals surface area contributed by atoms with Crippen molar-refractivity contribution in [3.63, 3.8) is 0 Å². The van der Waals surface area contributed by atoms with E-state index in [1.54, 1.807) is 6.21 Å². The Kier molecular flexibility index (Phi) is 3.37. The summed E-state index contributed by atoms with van der Waals surface area (Å²) in [6.07, 6.45) is 1.79. The number of benzene rings is 2. The molecule has 80 valence electrons. The molecule has 2 heteroatoms. The summed E-state index contributed by atoms with van der Waals surface area (Å²) in [4.78, 5) is 4.36. The highest BCUT2D eigenvalue weighted by Crippen LogP contribution is 2.17. The van der Waals surface area contributed by atoms with Gasteiger partial charge in [0.15, 0.2) is 0 Å². The van der Waals surface area contributed by atoms with E-state index >= 15 is 0 Å². The molecule has 0 amide bonds. The van der Waals surface area contributed by atoms with Crippen molar-refractivity contribution in [3.05, 3.63) is 64.7 Å². The van der Waals surface area contributed by atoms with E-state index < -0.39 is 0 Å². The zero-order chi connectivity index (χ0) is 11.4. The van der Waals surface area contributed by atoms with E-state index in [0.717, 1.165) is 21.8 Å². The quantitative estimate of drug-likeness (QED) is 0.677. The maximum atomic E-state index is 6.10. The largest absolute Gasteiger partial charge is 0.256 e. The molecule has 0 fully saturated rings. The van der Waals surface area contributed by atoms with Crippen molar-refractivity contribution in [2.75, 3.05) is 0 Å². The minimum Gasteiger partial charge on any atom is -0.256 e. The molecular weight excluding hydrogens is 218 g/mol. The molecule has 0 spiro atoms. The van der Waals surface area contributed by atoms with Crippen LogP contribution in [0.15, 0.2) is 53.5 Å². The lowest BCUT2D eigenvalue weighted by atomic mass is 10.2. The van der Waals surface area contributed by atoms with Gasteiger partial charge in [-0.15, -0.1) is 0 Å². The highest BCUT2D eigenvalue weighted by atomic mass is 35.5. The SMILES string of the molecule is Cc1ccc(C=Nc2ccccc2)c(Cl)c1. The molecule has 2 rings (SSSR count). The molecule has 0 saturated carbocycles. The van der Waals surface area contributed by atoms with Gasteiger partial charge in [0.2, 0.25) is 0 Å². The highest BCUT2D eigenvalue weighted by Gasteiger charge is 1.96. The summed E-state index contributed by atoms with van der Waals surface area (Å²) in [5, 5.41) is 0.736. The van der Waals surface area contributed by atoms with Crippen LogP contribution in [0.2, 0.25) is 5.02 Å². The Balaban J connectivity index is 2.24. The van der Waals surface area contributed by atoms with E-state index in [9.17, 15) is 0 Å². The van der Waals surface area contributed by atoms with Gasteiger partial charge in [0.05, 0.1) is 5.69 Å². The van der Waals surface area contributed by atoms with E-state index in [-0.39, 0.29) is 0 Å². The molecule has 1 nitrogen and oxygen atoms in total. The Morgan fingerprint density at radius 3 is 2.50 bits per heavy atom. The van der Waals surface area contributed by atoms with Gasteiger partial charge >= 0.3 is 0 Å². The van der Waals surface area contributed by atoms with E-state index in [0.29, 0.717) is 0 Å². The fourth-order valence-electron chi connectivity index (χ4n) is 1.40. The van der Waals surface area contributed by atoms with Crippen molar-refractivity contribution in [2.24, 2.45) is 4.99 Å².